The fourth-order valence-electron chi connectivity index (χ4n) is 1.13. The van der Waals surface area contributed by atoms with Gasteiger partial charge in [0, 0.05) is 24.8 Å². The number of aliphatic imine (C=N–C) groups is 1. The summed E-state index contributed by atoms with van der Waals surface area (Å²) in [5.41, 5.74) is 0. The van der Waals surface area contributed by atoms with Gasteiger partial charge in [0.25, 0.3) is 0 Å². The van der Waals surface area contributed by atoms with Crippen molar-refractivity contribution in [2.45, 2.75) is 0 Å². The average molecular weight is 198 g/mol. The number of nitrogens with zero attached hydrogens (tertiary/aromatic N) is 4. The molecule has 0 N–H and O–H groups in total. The minimum atomic E-state index is 0.663. The van der Waals surface area contributed by atoms with E-state index in [-0.39, 0.29) is 0 Å². The maximum atomic E-state index is 4.19. The molecule has 0 aliphatic rings. The molecule has 15 heavy (non-hydrogen) atoms. The predicted molar refractivity (Wildman–Crippen MR) is 60.1 cm³/mol. The Kier molecular flexibility index (Phi) is 2.69. The summed E-state index contributed by atoms with van der Waals surface area (Å²) in [7, 11) is 0. The van der Waals surface area contributed by atoms with Gasteiger partial charge in [0.2, 0.25) is 0 Å². The lowest BCUT2D eigenvalue weighted by molar-refractivity contribution is 1.11. The highest BCUT2D eigenvalue weighted by molar-refractivity contribution is 5.78. The average Bonchev–Trinajstić information content (AvgIpc) is 2.75. The van der Waals surface area contributed by atoms with Gasteiger partial charge in [0.15, 0.2) is 11.6 Å². The molecule has 0 atom stereocenters. The highest BCUT2D eigenvalue weighted by Gasteiger charge is 1.94. The Bertz CT molecular complexity index is 470. The first kappa shape index (κ1) is 9.33. The van der Waals surface area contributed by atoms with Crippen molar-refractivity contribution < 1.29 is 0 Å². The van der Waals surface area contributed by atoms with Gasteiger partial charge in [-0.1, -0.05) is 12.6 Å². The van der Waals surface area contributed by atoms with E-state index in [1.54, 1.807) is 29.4 Å². The Balaban J connectivity index is 2.22. The zero-order valence-corrected chi connectivity index (χ0v) is 8.11. The Morgan fingerprint density at radius 1 is 1.27 bits per heavy atom. The van der Waals surface area contributed by atoms with Gasteiger partial charge in [-0.2, -0.15) is 0 Å². The summed E-state index contributed by atoms with van der Waals surface area (Å²) in [5.74, 6) is 1.40. The molecule has 0 fully saturated rings. The highest BCUT2D eigenvalue weighted by atomic mass is 15.1. The van der Waals surface area contributed by atoms with Crippen molar-refractivity contribution in [3.8, 4) is 0 Å². The second-order valence-electron chi connectivity index (χ2n) is 2.82. The van der Waals surface area contributed by atoms with E-state index in [2.05, 4.69) is 21.5 Å². The lowest BCUT2D eigenvalue weighted by atomic mass is 10.5. The zero-order valence-electron chi connectivity index (χ0n) is 8.11. The monoisotopic (exact) mass is 198 g/mol. The van der Waals surface area contributed by atoms with E-state index in [0.29, 0.717) is 5.82 Å². The van der Waals surface area contributed by atoms with Gasteiger partial charge in [0.05, 0.1) is 6.21 Å². The van der Waals surface area contributed by atoms with Crippen molar-refractivity contribution in [1.29, 1.82) is 0 Å². The molecule has 2 aromatic heterocycles. The predicted octanol–water partition coefficient (Wildman–Crippen LogP) is 2.13. The lowest BCUT2D eigenvalue weighted by Gasteiger charge is -1.94. The van der Waals surface area contributed by atoms with Crippen LogP contribution in [0.15, 0.2) is 48.4 Å². The molecule has 4 nitrogen and oxygen atoms in total. The van der Waals surface area contributed by atoms with E-state index in [1.807, 2.05) is 24.4 Å². The van der Waals surface area contributed by atoms with Crippen molar-refractivity contribution >= 4 is 18.2 Å². The van der Waals surface area contributed by atoms with E-state index in [4.69, 9.17) is 0 Å². The quantitative estimate of drug-likeness (QED) is 0.709. The van der Waals surface area contributed by atoms with Crippen LogP contribution in [0.2, 0.25) is 0 Å². The normalized spacial score (nSPS) is 10.7. The number of imidazole rings is 1. The van der Waals surface area contributed by atoms with Crippen LogP contribution in [0.3, 0.4) is 0 Å². The van der Waals surface area contributed by atoms with Crippen LogP contribution < -0.4 is 0 Å². The van der Waals surface area contributed by atoms with Gasteiger partial charge in [0.1, 0.15) is 0 Å². The SMILES string of the molecule is C=Cn1ccnc1/C=N/c1ccccn1. The Morgan fingerprint density at radius 3 is 2.93 bits per heavy atom. The minimum absolute atomic E-state index is 0.663. The molecule has 0 bridgehead atoms. The van der Waals surface area contributed by atoms with Gasteiger partial charge in [-0.15, -0.1) is 0 Å². The van der Waals surface area contributed by atoms with Crippen LogP contribution in [-0.4, -0.2) is 20.7 Å². The molecule has 4 heteroatoms. The smallest absolute Gasteiger partial charge is 0.155 e. The molecule has 2 rings (SSSR count). The van der Waals surface area contributed by atoms with Gasteiger partial charge < -0.3 is 4.57 Å². The van der Waals surface area contributed by atoms with Gasteiger partial charge >= 0.3 is 0 Å². The molecule has 0 aliphatic carbocycles. The fraction of sp³-hybridized carbons (Fsp3) is 0. The van der Waals surface area contributed by atoms with Gasteiger partial charge in [-0.05, 0) is 12.1 Å². The third kappa shape index (κ3) is 2.17. The Hall–Kier alpha value is -2.23. The molecule has 0 saturated heterocycles. The van der Waals surface area contributed by atoms with Gasteiger partial charge in [-0.25, -0.2) is 15.0 Å². The van der Waals surface area contributed by atoms with E-state index in [0.717, 1.165) is 5.82 Å². The molecule has 0 radical (unpaired) electrons. The standard InChI is InChI=1S/C11H10N4/c1-2-15-8-7-13-11(15)9-14-10-5-3-4-6-12-10/h2-9H,1H2/b14-9+. The summed E-state index contributed by atoms with van der Waals surface area (Å²) < 4.78 is 1.78. The zero-order chi connectivity index (χ0) is 10.5. The number of hydrogen-bond donors (Lipinski definition) is 0. The molecule has 0 spiro atoms. The van der Waals surface area contributed by atoms with Crippen LogP contribution in [0.1, 0.15) is 5.82 Å². The summed E-state index contributed by atoms with van der Waals surface area (Å²) >= 11 is 0. The third-order valence-electron chi connectivity index (χ3n) is 1.86. The first-order valence-electron chi connectivity index (χ1n) is 4.50. The van der Waals surface area contributed by atoms with Crippen molar-refractivity contribution in [1.82, 2.24) is 14.5 Å². The van der Waals surface area contributed by atoms with E-state index < -0.39 is 0 Å². The van der Waals surface area contributed by atoms with Crippen LogP contribution in [0.4, 0.5) is 5.82 Å². The number of pyridine rings is 1. The van der Waals surface area contributed by atoms with Crippen LogP contribution in [0.5, 0.6) is 0 Å². The molecular formula is C11H10N4. The minimum Gasteiger partial charge on any atom is -0.306 e. The van der Waals surface area contributed by atoms with E-state index in [1.165, 1.54) is 0 Å². The van der Waals surface area contributed by atoms with Crippen molar-refractivity contribution in [2.75, 3.05) is 0 Å². The Labute approximate surface area is 87.6 Å². The van der Waals surface area contributed by atoms with Crippen LogP contribution in [0, 0.1) is 0 Å². The van der Waals surface area contributed by atoms with Crippen LogP contribution in [-0.2, 0) is 0 Å². The maximum absolute atomic E-state index is 4.19. The molecule has 0 aliphatic heterocycles. The number of aromatic nitrogens is 3. The van der Waals surface area contributed by atoms with E-state index >= 15 is 0 Å². The third-order valence-corrected chi connectivity index (χ3v) is 1.86. The molecule has 74 valence electrons. The van der Waals surface area contributed by atoms with Crippen LogP contribution >= 0.6 is 0 Å². The molecule has 0 aromatic carbocycles. The molecule has 2 aromatic rings. The molecule has 0 unspecified atom stereocenters. The molecule has 0 amide bonds. The summed E-state index contributed by atoms with van der Waals surface area (Å²) in [6.07, 6.45) is 8.54. The lowest BCUT2D eigenvalue weighted by Crippen LogP contribution is -1.93. The maximum Gasteiger partial charge on any atom is 0.155 e. The van der Waals surface area contributed by atoms with Gasteiger partial charge in [-0.3, -0.25) is 0 Å². The summed E-state index contributed by atoms with van der Waals surface area (Å²) in [6, 6.07) is 5.57. The summed E-state index contributed by atoms with van der Waals surface area (Å²) in [5, 5.41) is 0. The molecular weight excluding hydrogens is 188 g/mol. The second-order valence-corrected chi connectivity index (χ2v) is 2.82. The summed E-state index contributed by atoms with van der Waals surface area (Å²) in [4.78, 5) is 12.4. The topological polar surface area (TPSA) is 43.1 Å². The Morgan fingerprint density at radius 2 is 2.20 bits per heavy atom. The second kappa shape index (κ2) is 4.32. The van der Waals surface area contributed by atoms with Crippen molar-refractivity contribution in [3.63, 3.8) is 0 Å². The first-order chi connectivity index (χ1) is 7.40. The highest BCUT2D eigenvalue weighted by Crippen LogP contribution is 2.04. The largest absolute Gasteiger partial charge is 0.306 e. The van der Waals surface area contributed by atoms with Crippen LogP contribution in [0.25, 0.3) is 6.20 Å². The summed E-state index contributed by atoms with van der Waals surface area (Å²) in [6.45, 7) is 3.66. The van der Waals surface area contributed by atoms with Crippen molar-refractivity contribution in [3.05, 3.63) is 49.2 Å². The fourth-order valence-corrected chi connectivity index (χ4v) is 1.13. The molecule has 2 heterocycles. The number of hydrogen-bond acceptors (Lipinski definition) is 3. The number of rotatable bonds is 3. The van der Waals surface area contributed by atoms with Crippen molar-refractivity contribution in [2.24, 2.45) is 4.99 Å². The first-order valence-corrected chi connectivity index (χ1v) is 4.50. The molecule has 0 saturated carbocycles. The van der Waals surface area contributed by atoms with E-state index in [9.17, 15) is 0 Å².